The topological polar surface area (TPSA) is 101 Å². The largest absolute Gasteiger partial charge is 0.507 e. The molecule has 6 rings (SSSR count). The number of esters is 2. The van der Waals surface area contributed by atoms with E-state index >= 15 is 0 Å². The molecule has 0 saturated heterocycles. The van der Waals surface area contributed by atoms with Gasteiger partial charge in [0.05, 0.1) is 0 Å². The zero-order valence-electron chi connectivity index (χ0n) is 35.3. The van der Waals surface area contributed by atoms with Crippen LogP contribution in [0.5, 0.6) is 0 Å². The molecule has 4 aromatic rings. The SMILES string of the molecule is CP(=S)(Cl)OCC(F)(F)F.Cc1cc(-c2ccccc2)ccc1C1=C(O)C(C)(C)OC1=O.Cc1cc(-c2ccccc2)ccc1C1=C(OP(C)(=S)OCC(F)(F)F)C(C)(C)OC1=O. The van der Waals surface area contributed by atoms with Gasteiger partial charge in [-0.3, -0.25) is 0 Å². The van der Waals surface area contributed by atoms with E-state index in [1.165, 1.54) is 13.3 Å². The van der Waals surface area contributed by atoms with Crippen molar-refractivity contribution in [3.05, 3.63) is 131 Å². The maximum absolute atomic E-state index is 12.7. The monoisotopic (exact) mass is 976 g/mol. The number of benzene rings is 4. The fourth-order valence-electron chi connectivity index (χ4n) is 6.16. The average molecular weight is 977 g/mol. The van der Waals surface area contributed by atoms with Crippen LogP contribution >= 0.6 is 23.3 Å². The third-order valence-electron chi connectivity index (χ3n) is 9.07. The number of cyclic esters (lactones) is 2. The van der Waals surface area contributed by atoms with Crippen molar-refractivity contribution in [2.45, 2.75) is 65.1 Å². The number of aryl methyl sites for hydroxylation is 2. The fourth-order valence-corrected chi connectivity index (χ4v) is 8.30. The summed E-state index contributed by atoms with van der Waals surface area (Å²) in [5.74, 6) is -1.02. The summed E-state index contributed by atoms with van der Waals surface area (Å²) in [5.41, 5.74) is 2.74. The van der Waals surface area contributed by atoms with Gasteiger partial charge >= 0.3 is 24.3 Å². The molecule has 0 saturated carbocycles. The second kappa shape index (κ2) is 20.0. The van der Waals surface area contributed by atoms with E-state index in [1.807, 2.05) is 105 Å². The lowest BCUT2D eigenvalue weighted by Gasteiger charge is -2.27. The van der Waals surface area contributed by atoms with Crippen LogP contribution in [0.3, 0.4) is 0 Å². The van der Waals surface area contributed by atoms with Gasteiger partial charge in [-0.25, -0.2) is 9.59 Å². The molecule has 1 N–H and O–H groups in total. The second-order valence-corrected chi connectivity index (χ2v) is 25.8. The minimum absolute atomic E-state index is 0.00642. The average Bonchev–Trinajstić information content (AvgIpc) is 3.52. The van der Waals surface area contributed by atoms with Gasteiger partial charge in [-0.1, -0.05) is 120 Å². The zero-order chi connectivity index (χ0) is 47.3. The highest BCUT2D eigenvalue weighted by Gasteiger charge is 2.46. The van der Waals surface area contributed by atoms with E-state index in [0.717, 1.165) is 33.4 Å². The number of ether oxygens (including phenoxy) is 2. The van der Waals surface area contributed by atoms with Crippen molar-refractivity contribution in [1.82, 2.24) is 0 Å². The first-order chi connectivity index (χ1) is 28.9. The van der Waals surface area contributed by atoms with Gasteiger partial charge in [-0.2, -0.15) is 26.3 Å². The van der Waals surface area contributed by atoms with Crippen LogP contribution < -0.4 is 0 Å². The lowest BCUT2D eigenvalue weighted by molar-refractivity contribution is -0.153. The van der Waals surface area contributed by atoms with Crippen LogP contribution in [-0.4, -0.2) is 67.1 Å². The van der Waals surface area contributed by atoms with Crippen molar-refractivity contribution in [1.29, 1.82) is 0 Å². The molecule has 0 amide bonds. The maximum atomic E-state index is 12.7. The summed E-state index contributed by atoms with van der Waals surface area (Å²) in [7, 11) is 0. The number of hydrogen-bond donors (Lipinski definition) is 1. The first-order valence-corrected chi connectivity index (χ1v) is 26.0. The summed E-state index contributed by atoms with van der Waals surface area (Å²) >= 11 is 14.8. The van der Waals surface area contributed by atoms with Crippen LogP contribution in [0.4, 0.5) is 26.3 Å². The molecule has 4 aromatic carbocycles. The Morgan fingerprint density at radius 1 is 0.635 bits per heavy atom. The number of alkyl halides is 6. The van der Waals surface area contributed by atoms with Crippen molar-refractivity contribution >= 4 is 70.0 Å². The third kappa shape index (κ3) is 14.8. The van der Waals surface area contributed by atoms with Crippen LogP contribution in [-0.2, 0) is 56.2 Å². The van der Waals surface area contributed by atoms with Crippen molar-refractivity contribution in [3.63, 3.8) is 0 Å². The fraction of sp³-hybridized carbons (Fsp3) is 0.318. The predicted octanol–water partition coefficient (Wildman–Crippen LogP) is 13.3. The highest BCUT2D eigenvalue weighted by atomic mass is 35.7. The quantitative estimate of drug-likeness (QED) is 0.0939. The maximum Gasteiger partial charge on any atom is 0.412 e. The van der Waals surface area contributed by atoms with Crippen molar-refractivity contribution in [2.75, 3.05) is 26.5 Å². The number of halogens is 7. The Kier molecular flexibility index (Phi) is 16.4. The van der Waals surface area contributed by atoms with Crippen LogP contribution in [0.2, 0.25) is 0 Å². The summed E-state index contributed by atoms with van der Waals surface area (Å²) in [4.78, 5) is 24.8. The van der Waals surface area contributed by atoms with Gasteiger partial charge in [-0.05, 0) is 97.9 Å². The first kappa shape index (κ1) is 51.6. The molecule has 2 heterocycles. The molecule has 2 atom stereocenters. The van der Waals surface area contributed by atoms with Crippen LogP contribution in [0.25, 0.3) is 33.4 Å². The standard InChI is InChI=1S/C22H22F3O4PS.C19H18O3.C3H5ClF3OPS/c1-14-12-16(15-8-6-5-7-9-15)10-11-17(14)18-19(21(2,3)28-20(18)26)29-30(4,31)27-13-22(23,24)25;1-12-11-14(13-7-5-4-6-8-13)9-10-15(12)16-17(20)19(2,3)22-18(16)21;1-9(4,10)8-2-3(5,6)7/h5-12H,13H2,1-4H3;4-11,20H,1-3H3;2H2,1H3. The predicted molar refractivity (Wildman–Crippen MR) is 241 cm³/mol. The molecule has 2 unspecified atom stereocenters. The number of aliphatic hydroxyl groups excluding tert-OH is 1. The molecule has 2 aliphatic rings. The number of aliphatic hydroxyl groups is 1. The molecule has 340 valence electrons. The molecule has 0 radical (unpaired) electrons. The van der Waals surface area contributed by atoms with Crippen molar-refractivity contribution in [3.8, 4) is 22.3 Å². The van der Waals surface area contributed by atoms with Crippen molar-refractivity contribution < 1.29 is 64.1 Å². The number of hydrogen-bond acceptors (Lipinski definition) is 10. The van der Waals surface area contributed by atoms with Crippen LogP contribution in [0.15, 0.2) is 109 Å². The zero-order valence-corrected chi connectivity index (χ0v) is 39.5. The van der Waals surface area contributed by atoms with E-state index in [9.17, 15) is 41.0 Å². The summed E-state index contributed by atoms with van der Waals surface area (Å²) < 4.78 is 97.3. The molecule has 63 heavy (non-hydrogen) atoms. The minimum atomic E-state index is -4.54. The van der Waals surface area contributed by atoms with Gasteiger partial charge in [0.2, 0.25) is 6.49 Å². The summed E-state index contributed by atoms with van der Waals surface area (Å²) in [6, 6.07) is 31.2. The van der Waals surface area contributed by atoms with E-state index in [-0.39, 0.29) is 22.7 Å². The van der Waals surface area contributed by atoms with Gasteiger partial charge in [-0.15, -0.1) is 0 Å². The van der Waals surface area contributed by atoms with Crippen LogP contribution in [0.1, 0.15) is 49.9 Å². The summed E-state index contributed by atoms with van der Waals surface area (Å²) in [6.45, 7) is 6.66. The van der Waals surface area contributed by atoms with Crippen LogP contribution in [0, 0.1) is 13.8 Å². The summed E-state index contributed by atoms with van der Waals surface area (Å²) in [6.07, 6.45) is -8.88. The molecule has 0 fully saturated rings. The summed E-state index contributed by atoms with van der Waals surface area (Å²) in [5, 5.41) is 10.3. The smallest absolute Gasteiger partial charge is 0.412 e. The Morgan fingerprint density at radius 3 is 1.40 bits per heavy atom. The highest BCUT2D eigenvalue weighted by molar-refractivity contribution is 8.24. The molecular formula is C44H45ClF6O8P2S2. The molecule has 8 nitrogen and oxygen atoms in total. The molecule has 2 aliphatic heterocycles. The molecule has 0 aliphatic carbocycles. The minimum Gasteiger partial charge on any atom is -0.507 e. The Bertz CT molecular complexity index is 2490. The first-order valence-electron chi connectivity index (χ1n) is 18.8. The number of carbonyl (C=O) groups excluding carboxylic acids is 2. The Labute approximate surface area is 377 Å². The van der Waals surface area contributed by atoms with Gasteiger partial charge in [0.15, 0.2) is 29.3 Å². The van der Waals surface area contributed by atoms with Gasteiger partial charge in [0.25, 0.3) is 0 Å². The van der Waals surface area contributed by atoms with E-state index in [2.05, 4.69) is 16.3 Å². The van der Waals surface area contributed by atoms with Gasteiger partial charge < -0.3 is 28.2 Å². The van der Waals surface area contributed by atoms with E-state index < -0.39 is 60.8 Å². The second-order valence-electron chi connectivity index (χ2n) is 15.4. The Balaban J connectivity index is 0.000000236. The third-order valence-corrected chi connectivity index (χ3v) is 11.9. The lowest BCUT2D eigenvalue weighted by atomic mass is 9.93. The Hall–Kier alpha value is -4.01. The van der Waals surface area contributed by atoms with Gasteiger partial charge in [0, 0.05) is 13.3 Å². The lowest BCUT2D eigenvalue weighted by Crippen LogP contribution is -2.24. The molecule has 0 bridgehead atoms. The van der Waals surface area contributed by atoms with E-state index in [4.69, 9.17) is 41.6 Å². The molecule has 0 aromatic heterocycles. The molecule has 19 heteroatoms. The number of rotatable bonds is 10. The molecule has 0 spiro atoms. The van der Waals surface area contributed by atoms with E-state index in [1.54, 1.807) is 33.8 Å². The Morgan fingerprint density at radius 2 is 1.03 bits per heavy atom. The normalized spacial score (nSPS) is 17.6. The highest BCUT2D eigenvalue weighted by Crippen LogP contribution is 2.53. The van der Waals surface area contributed by atoms with E-state index in [0.29, 0.717) is 11.1 Å². The number of carbonyl (C=O) groups is 2. The molecular weight excluding hydrogens is 932 g/mol. The van der Waals surface area contributed by atoms with Gasteiger partial charge in [0.1, 0.15) is 23.4 Å². The van der Waals surface area contributed by atoms with Crippen molar-refractivity contribution in [2.24, 2.45) is 0 Å².